The Morgan fingerprint density at radius 1 is 1.18 bits per heavy atom. The number of benzene rings is 2. The molecule has 144 valence electrons. The number of hydrogen-bond donors (Lipinski definition) is 1. The van der Waals surface area contributed by atoms with Gasteiger partial charge in [-0.2, -0.15) is 0 Å². The minimum Gasteiger partial charge on any atom is -0.496 e. The first kappa shape index (κ1) is 19.7. The molecular formula is C19H15ClN2O5S. The summed E-state index contributed by atoms with van der Waals surface area (Å²) < 4.78 is 10.6. The van der Waals surface area contributed by atoms with Crippen LogP contribution in [0.4, 0.5) is 11.4 Å². The van der Waals surface area contributed by atoms with Crippen molar-refractivity contribution >= 4 is 40.2 Å². The van der Waals surface area contributed by atoms with Gasteiger partial charge in [-0.15, -0.1) is 11.3 Å². The molecule has 0 aliphatic carbocycles. The summed E-state index contributed by atoms with van der Waals surface area (Å²) in [7, 11) is 1.41. The van der Waals surface area contributed by atoms with Gasteiger partial charge in [0.1, 0.15) is 23.8 Å². The highest BCUT2D eigenvalue weighted by atomic mass is 35.5. The molecule has 0 bridgehead atoms. The number of anilines is 1. The Morgan fingerprint density at radius 2 is 1.89 bits per heavy atom. The van der Waals surface area contributed by atoms with Crippen LogP contribution in [0.3, 0.4) is 0 Å². The molecule has 9 heteroatoms. The van der Waals surface area contributed by atoms with Gasteiger partial charge in [-0.05, 0) is 47.8 Å². The Hall–Kier alpha value is -3.10. The number of thiophene rings is 1. The molecule has 0 fully saturated rings. The number of nitro groups is 1. The molecule has 3 rings (SSSR count). The molecule has 1 aromatic heterocycles. The summed E-state index contributed by atoms with van der Waals surface area (Å²) in [5.74, 6) is 0.564. The van der Waals surface area contributed by atoms with Crippen LogP contribution in [-0.4, -0.2) is 17.9 Å². The number of nitrogens with one attached hydrogen (secondary N) is 1. The highest BCUT2D eigenvalue weighted by Crippen LogP contribution is 2.30. The zero-order chi connectivity index (χ0) is 20.1. The smallest absolute Gasteiger partial charge is 0.296 e. The quantitative estimate of drug-likeness (QED) is 0.423. The van der Waals surface area contributed by atoms with E-state index in [9.17, 15) is 14.9 Å². The Bertz CT molecular complexity index is 1000. The van der Waals surface area contributed by atoms with Crippen molar-refractivity contribution in [1.29, 1.82) is 0 Å². The maximum absolute atomic E-state index is 12.5. The number of carbonyl (C=O) groups is 1. The second-order valence-corrected chi connectivity index (χ2v) is 7.00. The summed E-state index contributed by atoms with van der Waals surface area (Å²) >= 11 is 7.06. The minimum absolute atomic E-state index is 0.100. The normalized spacial score (nSPS) is 10.4. The van der Waals surface area contributed by atoms with Gasteiger partial charge in [0.15, 0.2) is 0 Å². The first-order chi connectivity index (χ1) is 13.5. The van der Waals surface area contributed by atoms with Crippen LogP contribution >= 0.6 is 22.9 Å². The van der Waals surface area contributed by atoms with Gasteiger partial charge >= 0.3 is 0 Å². The Morgan fingerprint density at radius 3 is 2.57 bits per heavy atom. The van der Waals surface area contributed by atoms with E-state index in [4.69, 9.17) is 21.1 Å². The van der Waals surface area contributed by atoms with Crippen LogP contribution in [0.25, 0.3) is 0 Å². The standard InChI is InChI=1S/C19H15ClN2O5S/c1-26-15-6-7-16(17(9-15)22(24)25)21-19(23)18-8-12(11-28-18)10-27-14-4-2-13(20)3-5-14/h2-9,11H,10H2,1H3,(H,21,23). The highest BCUT2D eigenvalue weighted by molar-refractivity contribution is 7.12. The van der Waals surface area contributed by atoms with E-state index >= 15 is 0 Å². The Balaban J connectivity index is 1.67. The topological polar surface area (TPSA) is 90.7 Å². The molecule has 0 radical (unpaired) electrons. The van der Waals surface area contributed by atoms with Gasteiger partial charge in [0.2, 0.25) is 0 Å². The van der Waals surface area contributed by atoms with E-state index in [2.05, 4.69) is 5.32 Å². The fourth-order valence-electron chi connectivity index (χ4n) is 2.35. The average Bonchev–Trinajstić information content (AvgIpc) is 3.17. The van der Waals surface area contributed by atoms with Gasteiger partial charge in [-0.25, -0.2) is 0 Å². The van der Waals surface area contributed by atoms with Gasteiger partial charge in [-0.1, -0.05) is 11.6 Å². The second kappa shape index (κ2) is 8.73. The van der Waals surface area contributed by atoms with Crippen LogP contribution in [0.5, 0.6) is 11.5 Å². The van der Waals surface area contributed by atoms with Crippen molar-refractivity contribution in [1.82, 2.24) is 0 Å². The molecule has 0 unspecified atom stereocenters. The number of methoxy groups -OCH3 is 1. The second-order valence-electron chi connectivity index (χ2n) is 5.66. The van der Waals surface area contributed by atoms with Crippen molar-refractivity contribution in [2.45, 2.75) is 6.61 Å². The van der Waals surface area contributed by atoms with Crippen LogP contribution < -0.4 is 14.8 Å². The van der Waals surface area contributed by atoms with Crippen molar-refractivity contribution in [2.75, 3.05) is 12.4 Å². The third kappa shape index (κ3) is 4.79. The minimum atomic E-state index is -0.571. The number of carbonyl (C=O) groups excluding carboxylic acids is 1. The fraction of sp³-hybridized carbons (Fsp3) is 0.105. The van der Waals surface area contributed by atoms with Crippen LogP contribution in [0.2, 0.25) is 5.02 Å². The summed E-state index contributed by atoms with van der Waals surface area (Å²) in [4.78, 5) is 23.5. The van der Waals surface area contributed by atoms with Gasteiger partial charge in [0, 0.05) is 10.6 Å². The highest BCUT2D eigenvalue weighted by Gasteiger charge is 2.19. The molecule has 1 amide bonds. The monoisotopic (exact) mass is 418 g/mol. The molecule has 3 aromatic rings. The van der Waals surface area contributed by atoms with Crippen molar-refractivity contribution in [3.05, 3.63) is 79.5 Å². The molecule has 0 aliphatic heterocycles. The van der Waals surface area contributed by atoms with Crippen molar-refractivity contribution < 1.29 is 19.2 Å². The number of rotatable bonds is 7. The summed E-state index contributed by atoms with van der Waals surface area (Å²) in [6.45, 7) is 0.286. The van der Waals surface area contributed by atoms with Gasteiger partial charge in [0.05, 0.1) is 23.0 Å². The Labute approximate surface area is 169 Å². The summed E-state index contributed by atoms with van der Waals surface area (Å²) in [6.07, 6.45) is 0. The molecule has 0 saturated carbocycles. The predicted octanol–water partition coefficient (Wildman–Crippen LogP) is 5.15. The molecule has 0 saturated heterocycles. The molecule has 1 heterocycles. The van der Waals surface area contributed by atoms with Gasteiger partial charge in [0.25, 0.3) is 11.6 Å². The third-order valence-electron chi connectivity index (χ3n) is 3.75. The first-order valence-electron chi connectivity index (χ1n) is 8.06. The van der Waals surface area contributed by atoms with Crippen LogP contribution in [0.15, 0.2) is 53.9 Å². The Kier molecular flexibility index (Phi) is 6.13. The zero-order valence-corrected chi connectivity index (χ0v) is 16.3. The number of nitrogens with zero attached hydrogens (tertiary/aromatic N) is 1. The van der Waals surface area contributed by atoms with E-state index in [1.54, 1.807) is 41.8 Å². The maximum Gasteiger partial charge on any atom is 0.296 e. The zero-order valence-electron chi connectivity index (χ0n) is 14.7. The van der Waals surface area contributed by atoms with E-state index in [-0.39, 0.29) is 18.0 Å². The van der Waals surface area contributed by atoms with Crippen molar-refractivity contribution in [3.63, 3.8) is 0 Å². The van der Waals surface area contributed by atoms with E-state index in [1.165, 1.54) is 30.6 Å². The van der Waals surface area contributed by atoms with E-state index in [1.807, 2.05) is 0 Å². The van der Waals surface area contributed by atoms with Gasteiger partial charge < -0.3 is 14.8 Å². The van der Waals surface area contributed by atoms with E-state index < -0.39 is 10.8 Å². The fourth-order valence-corrected chi connectivity index (χ4v) is 3.26. The van der Waals surface area contributed by atoms with E-state index in [0.717, 1.165) is 5.56 Å². The molecule has 1 N–H and O–H groups in total. The average molecular weight is 419 g/mol. The number of ether oxygens (including phenoxy) is 2. The number of halogens is 1. The molecule has 0 atom stereocenters. The largest absolute Gasteiger partial charge is 0.496 e. The molecular weight excluding hydrogens is 404 g/mol. The van der Waals surface area contributed by atoms with Crippen LogP contribution in [0, 0.1) is 10.1 Å². The van der Waals surface area contributed by atoms with E-state index in [0.29, 0.717) is 21.4 Å². The lowest BCUT2D eigenvalue weighted by Crippen LogP contribution is -2.11. The number of hydrogen-bond acceptors (Lipinski definition) is 6. The molecule has 0 aliphatic rings. The predicted molar refractivity (Wildman–Crippen MR) is 108 cm³/mol. The molecule has 0 spiro atoms. The maximum atomic E-state index is 12.5. The molecule has 7 nitrogen and oxygen atoms in total. The van der Waals surface area contributed by atoms with Crippen LogP contribution in [-0.2, 0) is 6.61 Å². The number of amides is 1. The molecule has 2 aromatic carbocycles. The first-order valence-corrected chi connectivity index (χ1v) is 9.31. The SMILES string of the molecule is COc1ccc(NC(=O)c2cc(COc3ccc(Cl)cc3)cs2)c([N+](=O)[O-])c1. The lowest BCUT2D eigenvalue weighted by atomic mass is 10.2. The van der Waals surface area contributed by atoms with Crippen LogP contribution in [0.1, 0.15) is 15.2 Å². The molecule has 28 heavy (non-hydrogen) atoms. The number of nitro benzene ring substituents is 1. The summed E-state index contributed by atoms with van der Waals surface area (Å²) in [5, 5.41) is 16.2. The van der Waals surface area contributed by atoms with Crippen molar-refractivity contribution in [2.24, 2.45) is 0 Å². The lowest BCUT2D eigenvalue weighted by molar-refractivity contribution is -0.384. The third-order valence-corrected chi connectivity index (χ3v) is 4.98. The summed E-state index contributed by atoms with van der Waals surface area (Å²) in [6, 6.07) is 12.9. The van der Waals surface area contributed by atoms with Gasteiger partial charge in [-0.3, -0.25) is 14.9 Å². The van der Waals surface area contributed by atoms with Crippen molar-refractivity contribution in [3.8, 4) is 11.5 Å². The lowest BCUT2D eigenvalue weighted by Gasteiger charge is -2.06. The summed E-state index contributed by atoms with van der Waals surface area (Å²) in [5.41, 5.74) is 0.674.